The van der Waals surface area contributed by atoms with Crippen LogP contribution in [0.5, 0.6) is 5.75 Å². The zero-order valence-electron chi connectivity index (χ0n) is 13.5. The molecule has 7 nitrogen and oxygen atoms in total. The lowest BCUT2D eigenvalue weighted by Gasteiger charge is -2.18. The lowest BCUT2D eigenvalue weighted by molar-refractivity contribution is -0.118. The monoisotopic (exact) mass is 340 g/mol. The second-order valence-corrected chi connectivity index (χ2v) is 5.34. The summed E-state index contributed by atoms with van der Waals surface area (Å²) in [5.41, 5.74) is 1.71. The Morgan fingerprint density at radius 3 is 2.84 bits per heavy atom. The third kappa shape index (κ3) is 3.60. The molecule has 0 spiro atoms. The fourth-order valence-electron chi connectivity index (χ4n) is 2.43. The van der Waals surface area contributed by atoms with Gasteiger partial charge in [0.1, 0.15) is 5.75 Å². The van der Waals surface area contributed by atoms with E-state index in [9.17, 15) is 14.4 Å². The van der Waals surface area contributed by atoms with Crippen LogP contribution in [0.3, 0.4) is 0 Å². The van der Waals surface area contributed by atoms with E-state index < -0.39 is 12.6 Å². The van der Waals surface area contributed by atoms with E-state index in [2.05, 4.69) is 10.6 Å². The molecule has 25 heavy (non-hydrogen) atoms. The van der Waals surface area contributed by atoms with Crippen LogP contribution in [0, 0.1) is 0 Å². The van der Waals surface area contributed by atoms with Gasteiger partial charge in [0.25, 0.3) is 5.91 Å². The number of fused-ring (bicyclic) bond motifs is 1. The third-order valence-corrected chi connectivity index (χ3v) is 3.69. The predicted molar refractivity (Wildman–Crippen MR) is 91.2 cm³/mol. The molecule has 0 saturated carbocycles. The van der Waals surface area contributed by atoms with Crippen LogP contribution in [0.15, 0.2) is 42.5 Å². The van der Waals surface area contributed by atoms with Gasteiger partial charge in [-0.3, -0.25) is 9.59 Å². The summed E-state index contributed by atoms with van der Waals surface area (Å²) in [4.78, 5) is 35.7. The van der Waals surface area contributed by atoms with Gasteiger partial charge in [0.15, 0.2) is 19.0 Å². The summed E-state index contributed by atoms with van der Waals surface area (Å²) < 4.78 is 10.3. The maximum Gasteiger partial charge on any atom is 0.340 e. The zero-order valence-corrected chi connectivity index (χ0v) is 13.5. The summed E-state index contributed by atoms with van der Waals surface area (Å²) >= 11 is 0. The van der Waals surface area contributed by atoms with Crippen molar-refractivity contribution in [1.82, 2.24) is 0 Å². The highest BCUT2D eigenvalue weighted by molar-refractivity contribution is 6.03. The first-order valence-electron chi connectivity index (χ1n) is 7.62. The Morgan fingerprint density at radius 1 is 1.24 bits per heavy atom. The van der Waals surface area contributed by atoms with Crippen molar-refractivity contribution in [3.63, 3.8) is 0 Å². The number of carbonyl (C=O) groups excluding carboxylic acids is 3. The van der Waals surface area contributed by atoms with Crippen molar-refractivity contribution < 1.29 is 23.9 Å². The Morgan fingerprint density at radius 2 is 2.04 bits per heavy atom. The van der Waals surface area contributed by atoms with Gasteiger partial charge >= 0.3 is 5.97 Å². The highest BCUT2D eigenvalue weighted by atomic mass is 16.5. The summed E-state index contributed by atoms with van der Waals surface area (Å²) in [6.07, 6.45) is 0. The number of anilines is 2. The van der Waals surface area contributed by atoms with Crippen molar-refractivity contribution in [2.45, 2.75) is 0 Å². The SMILES string of the molecule is CNc1ccccc1C(=O)OCC(=O)c1ccc2c(c1)NC(=O)CO2. The van der Waals surface area contributed by atoms with Gasteiger partial charge in [-0.2, -0.15) is 0 Å². The number of ketones is 1. The second kappa shape index (κ2) is 7.04. The molecule has 2 aromatic carbocycles. The molecule has 1 aliphatic rings. The topological polar surface area (TPSA) is 93.7 Å². The number of nitrogens with one attached hydrogen (secondary N) is 2. The smallest absolute Gasteiger partial charge is 0.340 e. The Labute approximate surface area is 143 Å². The highest BCUT2D eigenvalue weighted by Gasteiger charge is 2.19. The standard InChI is InChI=1S/C18H16N2O5/c1-19-13-5-3-2-4-12(13)18(23)25-9-15(21)11-6-7-16-14(8-11)20-17(22)10-24-16/h2-8,19H,9-10H2,1H3,(H,20,22). The van der Waals surface area contributed by atoms with Crippen LogP contribution in [0.1, 0.15) is 20.7 Å². The molecule has 1 heterocycles. The summed E-state index contributed by atoms with van der Waals surface area (Å²) in [5.74, 6) is -0.755. The average molecular weight is 340 g/mol. The number of hydrogen-bond acceptors (Lipinski definition) is 6. The van der Waals surface area contributed by atoms with Crippen LogP contribution < -0.4 is 15.4 Å². The minimum atomic E-state index is -0.590. The number of hydrogen-bond donors (Lipinski definition) is 2. The molecule has 128 valence electrons. The first-order chi connectivity index (χ1) is 12.1. The van der Waals surface area contributed by atoms with E-state index in [1.165, 1.54) is 6.07 Å². The number of esters is 1. The van der Waals surface area contributed by atoms with Crippen LogP contribution in [0.2, 0.25) is 0 Å². The van der Waals surface area contributed by atoms with Gasteiger partial charge in [0.2, 0.25) is 0 Å². The molecular formula is C18H16N2O5. The molecule has 0 fully saturated rings. The van der Waals surface area contributed by atoms with E-state index in [0.717, 1.165) is 0 Å². The van der Waals surface area contributed by atoms with Crippen molar-refractivity contribution in [3.8, 4) is 5.75 Å². The fourth-order valence-corrected chi connectivity index (χ4v) is 2.43. The van der Waals surface area contributed by atoms with Crippen LogP contribution in [-0.4, -0.2) is 37.9 Å². The molecule has 0 atom stereocenters. The van der Waals surface area contributed by atoms with Gasteiger partial charge in [0, 0.05) is 18.3 Å². The molecular weight excluding hydrogens is 324 g/mol. The molecule has 0 aliphatic carbocycles. The predicted octanol–water partition coefficient (Wildman–Crippen LogP) is 2.10. The minimum absolute atomic E-state index is 0.0528. The quantitative estimate of drug-likeness (QED) is 0.639. The van der Waals surface area contributed by atoms with Crippen LogP contribution in [0.25, 0.3) is 0 Å². The van der Waals surface area contributed by atoms with Gasteiger partial charge in [-0.25, -0.2) is 4.79 Å². The number of carbonyl (C=O) groups is 3. The van der Waals surface area contributed by atoms with E-state index in [1.54, 1.807) is 43.4 Å². The van der Waals surface area contributed by atoms with Crippen molar-refractivity contribution in [1.29, 1.82) is 0 Å². The van der Waals surface area contributed by atoms with Crippen molar-refractivity contribution in [3.05, 3.63) is 53.6 Å². The van der Waals surface area contributed by atoms with Gasteiger partial charge in [-0.15, -0.1) is 0 Å². The van der Waals surface area contributed by atoms with E-state index >= 15 is 0 Å². The molecule has 0 saturated heterocycles. The first-order valence-corrected chi connectivity index (χ1v) is 7.62. The molecule has 2 aromatic rings. The number of benzene rings is 2. The van der Waals surface area contributed by atoms with E-state index in [4.69, 9.17) is 9.47 Å². The van der Waals surface area contributed by atoms with Gasteiger partial charge < -0.3 is 20.1 Å². The third-order valence-electron chi connectivity index (χ3n) is 3.69. The van der Waals surface area contributed by atoms with Gasteiger partial charge in [-0.05, 0) is 30.3 Å². The number of amides is 1. The molecule has 3 rings (SSSR count). The van der Waals surface area contributed by atoms with Crippen molar-refractivity contribution >= 4 is 29.0 Å². The molecule has 0 bridgehead atoms. The number of Topliss-reactive ketones (excluding diaryl/α,β-unsaturated/α-hetero) is 1. The largest absolute Gasteiger partial charge is 0.482 e. The summed E-state index contributed by atoms with van der Waals surface area (Å²) in [7, 11) is 1.70. The van der Waals surface area contributed by atoms with Crippen molar-refractivity contribution in [2.24, 2.45) is 0 Å². The van der Waals surface area contributed by atoms with E-state index in [-0.39, 0.29) is 18.3 Å². The molecule has 1 aliphatic heterocycles. The molecule has 1 amide bonds. The maximum absolute atomic E-state index is 12.3. The van der Waals surface area contributed by atoms with Crippen LogP contribution >= 0.6 is 0 Å². The molecule has 0 unspecified atom stereocenters. The summed E-state index contributed by atoms with van der Waals surface area (Å²) in [6, 6.07) is 11.5. The van der Waals surface area contributed by atoms with Crippen LogP contribution in [-0.2, 0) is 9.53 Å². The van der Waals surface area contributed by atoms with Gasteiger partial charge in [0.05, 0.1) is 11.3 Å². The van der Waals surface area contributed by atoms with Crippen molar-refractivity contribution in [2.75, 3.05) is 30.9 Å². The average Bonchev–Trinajstić information content (AvgIpc) is 2.65. The van der Waals surface area contributed by atoms with E-state index in [1.807, 2.05) is 0 Å². The fraction of sp³-hybridized carbons (Fsp3) is 0.167. The lowest BCUT2D eigenvalue weighted by Crippen LogP contribution is -2.25. The Hall–Kier alpha value is -3.35. The van der Waals surface area contributed by atoms with Gasteiger partial charge in [-0.1, -0.05) is 12.1 Å². The molecule has 2 N–H and O–H groups in total. The first kappa shape index (κ1) is 16.5. The molecule has 7 heteroatoms. The normalized spacial score (nSPS) is 12.4. The number of rotatable bonds is 5. The molecule has 0 aromatic heterocycles. The Kier molecular flexibility index (Phi) is 4.65. The lowest BCUT2D eigenvalue weighted by atomic mass is 10.1. The summed E-state index contributed by atoms with van der Waals surface area (Å²) in [5, 5.41) is 5.52. The Balaban J connectivity index is 1.68. The maximum atomic E-state index is 12.3. The Bertz CT molecular complexity index is 847. The molecule has 0 radical (unpaired) electrons. The van der Waals surface area contributed by atoms with E-state index in [0.29, 0.717) is 28.3 Å². The van der Waals surface area contributed by atoms with Crippen LogP contribution in [0.4, 0.5) is 11.4 Å². The number of para-hydroxylation sites is 1. The zero-order chi connectivity index (χ0) is 17.8. The number of ether oxygens (including phenoxy) is 2. The highest BCUT2D eigenvalue weighted by Crippen LogP contribution is 2.28. The second-order valence-electron chi connectivity index (χ2n) is 5.34. The summed E-state index contributed by atoms with van der Waals surface area (Å²) in [6.45, 7) is -0.451. The minimum Gasteiger partial charge on any atom is -0.482 e.